The number of carbonyl (C=O) groups excluding carboxylic acids is 2. The predicted octanol–water partition coefficient (Wildman–Crippen LogP) is 3.33. The van der Waals surface area contributed by atoms with Crippen LogP contribution in [0.1, 0.15) is 45.6 Å². The van der Waals surface area contributed by atoms with Crippen molar-refractivity contribution in [2.75, 3.05) is 0 Å². The first-order valence-electron chi connectivity index (χ1n) is 9.09. The zero-order chi connectivity index (χ0) is 20.3. The maximum absolute atomic E-state index is 12.3. The Balaban J connectivity index is 1.59. The van der Waals surface area contributed by atoms with Crippen molar-refractivity contribution in [1.82, 2.24) is 9.38 Å². The summed E-state index contributed by atoms with van der Waals surface area (Å²) in [5, 5.41) is 0. The molecule has 0 saturated heterocycles. The summed E-state index contributed by atoms with van der Waals surface area (Å²) >= 11 is 0. The summed E-state index contributed by atoms with van der Waals surface area (Å²) in [4.78, 5) is 40.8. The molecule has 3 aromatic rings. The van der Waals surface area contributed by atoms with Crippen molar-refractivity contribution in [2.45, 2.75) is 40.2 Å². The van der Waals surface area contributed by atoms with E-state index < -0.39 is 5.97 Å². The lowest BCUT2D eigenvalue weighted by Crippen LogP contribution is -2.17. The van der Waals surface area contributed by atoms with Crippen molar-refractivity contribution in [3.05, 3.63) is 80.9 Å². The van der Waals surface area contributed by atoms with Gasteiger partial charge in [-0.1, -0.05) is 18.2 Å². The number of fused-ring (bicyclic) bond motifs is 1. The first-order chi connectivity index (χ1) is 13.3. The number of esters is 1. The number of pyridine rings is 1. The summed E-state index contributed by atoms with van der Waals surface area (Å²) in [6.07, 6.45) is 1.71. The lowest BCUT2D eigenvalue weighted by atomic mass is 10.0. The van der Waals surface area contributed by atoms with Gasteiger partial charge in [0, 0.05) is 24.2 Å². The molecule has 0 aliphatic heterocycles. The Labute approximate surface area is 162 Å². The van der Waals surface area contributed by atoms with E-state index in [9.17, 15) is 14.4 Å². The smallest absolute Gasteiger partial charge is 0.306 e. The third kappa shape index (κ3) is 4.34. The molecule has 2 aromatic heterocycles. The molecule has 6 heteroatoms. The number of carbonyl (C=O) groups is 2. The molecule has 0 N–H and O–H groups in total. The lowest BCUT2D eigenvalue weighted by Gasteiger charge is -2.08. The van der Waals surface area contributed by atoms with Crippen LogP contribution in [0.15, 0.2) is 47.4 Å². The molecule has 0 aliphatic rings. The minimum Gasteiger partial charge on any atom is -0.459 e. The molecule has 2 heterocycles. The maximum Gasteiger partial charge on any atom is 0.306 e. The van der Waals surface area contributed by atoms with E-state index in [0.29, 0.717) is 16.9 Å². The van der Waals surface area contributed by atoms with Crippen molar-refractivity contribution in [3.63, 3.8) is 0 Å². The minimum atomic E-state index is -0.496. The second-order valence-electron chi connectivity index (χ2n) is 6.85. The van der Waals surface area contributed by atoms with Crippen LogP contribution in [0.25, 0.3) is 5.65 Å². The zero-order valence-electron chi connectivity index (χ0n) is 16.2. The summed E-state index contributed by atoms with van der Waals surface area (Å²) in [6, 6.07) is 10.5. The Kier molecular flexibility index (Phi) is 5.68. The van der Waals surface area contributed by atoms with E-state index in [4.69, 9.17) is 4.74 Å². The normalized spacial score (nSPS) is 10.8. The monoisotopic (exact) mass is 378 g/mol. The topological polar surface area (TPSA) is 77.7 Å². The van der Waals surface area contributed by atoms with Crippen LogP contribution in [0, 0.1) is 20.8 Å². The van der Waals surface area contributed by atoms with Gasteiger partial charge in [0.1, 0.15) is 12.3 Å². The van der Waals surface area contributed by atoms with Crippen LogP contribution < -0.4 is 5.56 Å². The van der Waals surface area contributed by atoms with Crippen molar-refractivity contribution in [2.24, 2.45) is 0 Å². The highest BCUT2D eigenvalue weighted by Gasteiger charge is 2.12. The quantitative estimate of drug-likeness (QED) is 0.486. The highest BCUT2D eigenvalue weighted by atomic mass is 16.5. The second-order valence-corrected chi connectivity index (χ2v) is 6.85. The third-order valence-corrected chi connectivity index (χ3v) is 4.71. The van der Waals surface area contributed by atoms with Crippen LogP contribution in [0.2, 0.25) is 0 Å². The van der Waals surface area contributed by atoms with Crippen molar-refractivity contribution < 1.29 is 14.3 Å². The Morgan fingerprint density at radius 1 is 1.00 bits per heavy atom. The number of Topliss-reactive ketones (excluding diaryl/α,β-unsaturated/α-hetero) is 1. The van der Waals surface area contributed by atoms with Crippen LogP contribution in [0.3, 0.4) is 0 Å². The first kappa shape index (κ1) is 19.5. The summed E-state index contributed by atoms with van der Waals surface area (Å²) in [5.41, 5.74) is 4.29. The van der Waals surface area contributed by atoms with Crippen LogP contribution in [0.5, 0.6) is 0 Å². The molecule has 0 saturated carbocycles. The zero-order valence-corrected chi connectivity index (χ0v) is 16.2. The number of rotatable bonds is 6. The molecule has 0 spiro atoms. The molecular weight excluding hydrogens is 356 g/mol. The van der Waals surface area contributed by atoms with Gasteiger partial charge in [0.25, 0.3) is 5.56 Å². The molecule has 0 aliphatic carbocycles. The number of hydrogen-bond donors (Lipinski definition) is 0. The number of ketones is 1. The van der Waals surface area contributed by atoms with E-state index in [0.717, 1.165) is 16.7 Å². The number of ether oxygens (including phenoxy) is 1. The molecule has 6 nitrogen and oxygen atoms in total. The van der Waals surface area contributed by atoms with Crippen molar-refractivity contribution in [3.8, 4) is 0 Å². The lowest BCUT2D eigenvalue weighted by molar-refractivity contribution is -0.145. The molecule has 144 valence electrons. The molecule has 0 fully saturated rings. The maximum atomic E-state index is 12.3. The molecule has 28 heavy (non-hydrogen) atoms. The summed E-state index contributed by atoms with van der Waals surface area (Å²) in [7, 11) is 0. The summed E-state index contributed by atoms with van der Waals surface area (Å²) in [6.45, 7) is 5.68. The summed E-state index contributed by atoms with van der Waals surface area (Å²) < 4.78 is 6.65. The first-order valence-corrected chi connectivity index (χ1v) is 9.09. The van der Waals surface area contributed by atoms with Gasteiger partial charge in [0.05, 0.1) is 12.1 Å². The van der Waals surface area contributed by atoms with E-state index in [1.165, 1.54) is 10.5 Å². The van der Waals surface area contributed by atoms with E-state index in [1.54, 1.807) is 18.3 Å². The van der Waals surface area contributed by atoms with Gasteiger partial charge in [-0.3, -0.25) is 18.8 Å². The third-order valence-electron chi connectivity index (χ3n) is 4.71. The standard InChI is InChI=1S/C22H22N2O4/c1-14-6-7-17(11-16(14)3)19(25)8-9-21(27)28-13-18-12-20(26)24-10-4-5-15(2)22(24)23-18/h4-7,10-12H,8-9,13H2,1-3H3. The van der Waals surface area contributed by atoms with E-state index in [2.05, 4.69) is 4.98 Å². The number of aryl methyl sites for hydroxylation is 3. The Hall–Kier alpha value is -3.28. The minimum absolute atomic E-state index is 0.0165. The van der Waals surface area contributed by atoms with E-state index in [1.807, 2.05) is 39.0 Å². The molecule has 0 amide bonds. The van der Waals surface area contributed by atoms with Gasteiger partial charge in [-0.05, 0) is 49.6 Å². The SMILES string of the molecule is Cc1ccc(C(=O)CCC(=O)OCc2cc(=O)n3cccc(C)c3n2)cc1C. The van der Waals surface area contributed by atoms with Gasteiger partial charge in [0.15, 0.2) is 5.78 Å². The summed E-state index contributed by atoms with van der Waals surface area (Å²) in [5.74, 6) is -0.596. The van der Waals surface area contributed by atoms with Gasteiger partial charge >= 0.3 is 5.97 Å². The fraction of sp³-hybridized carbons (Fsp3) is 0.273. The van der Waals surface area contributed by atoms with Gasteiger partial charge < -0.3 is 4.74 Å². The number of aromatic nitrogens is 2. The highest BCUT2D eigenvalue weighted by molar-refractivity contribution is 5.97. The molecule has 1 aromatic carbocycles. The van der Waals surface area contributed by atoms with Crippen molar-refractivity contribution in [1.29, 1.82) is 0 Å². The van der Waals surface area contributed by atoms with Gasteiger partial charge in [0.2, 0.25) is 0 Å². The highest BCUT2D eigenvalue weighted by Crippen LogP contribution is 2.13. The van der Waals surface area contributed by atoms with Crippen molar-refractivity contribution >= 4 is 17.4 Å². The molecule has 3 rings (SSSR count). The average molecular weight is 378 g/mol. The molecule has 0 radical (unpaired) electrons. The van der Waals surface area contributed by atoms with Gasteiger partial charge in [-0.25, -0.2) is 4.98 Å². The van der Waals surface area contributed by atoms with Crippen LogP contribution in [0.4, 0.5) is 0 Å². The fourth-order valence-electron chi connectivity index (χ4n) is 2.88. The number of hydrogen-bond acceptors (Lipinski definition) is 5. The number of nitrogens with zero attached hydrogens (tertiary/aromatic N) is 2. The molecule has 0 atom stereocenters. The fourth-order valence-corrected chi connectivity index (χ4v) is 2.88. The largest absolute Gasteiger partial charge is 0.459 e. The average Bonchev–Trinajstić information content (AvgIpc) is 2.67. The van der Waals surface area contributed by atoms with Gasteiger partial charge in [-0.15, -0.1) is 0 Å². The van der Waals surface area contributed by atoms with E-state index in [-0.39, 0.29) is 30.8 Å². The molecule has 0 unspecified atom stereocenters. The van der Waals surface area contributed by atoms with Crippen LogP contribution >= 0.6 is 0 Å². The Morgan fingerprint density at radius 3 is 2.54 bits per heavy atom. The molecular formula is C22H22N2O4. The Bertz CT molecular complexity index is 1120. The van der Waals surface area contributed by atoms with Gasteiger partial charge in [-0.2, -0.15) is 0 Å². The van der Waals surface area contributed by atoms with Crippen LogP contribution in [-0.2, 0) is 16.1 Å². The molecule has 0 bridgehead atoms. The second kappa shape index (κ2) is 8.17. The Morgan fingerprint density at radius 2 is 1.79 bits per heavy atom. The number of benzene rings is 1. The van der Waals surface area contributed by atoms with E-state index >= 15 is 0 Å². The van der Waals surface area contributed by atoms with Crippen LogP contribution in [-0.4, -0.2) is 21.1 Å². The predicted molar refractivity (Wildman–Crippen MR) is 105 cm³/mol.